The maximum absolute atomic E-state index is 5.38. The summed E-state index contributed by atoms with van der Waals surface area (Å²) in [6.07, 6.45) is 2.26. The minimum Gasteiger partial charge on any atom is -0.381 e. The van der Waals surface area contributed by atoms with Crippen molar-refractivity contribution in [2.75, 3.05) is 13.2 Å². The Hall–Kier alpha value is -0.690. The van der Waals surface area contributed by atoms with E-state index >= 15 is 0 Å². The van der Waals surface area contributed by atoms with Crippen LogP contribution in [0.3, 0.4) is 0 Å². The quantitative estimate of drug-likeness (QED) is 0.787. The second-order valence-electron chi connectivity index (χ2n) is 4.46. The molecule has 5 heteroatoms. The van der Waals surface area contributed by atoms with Gasteiger partial charge in [0.1, 0.15) is 5.52 Å². The van der Waals surface area contributed by atoms with Gasteiger partial charge in [-0.2, -0.15) is 0 Å². The van der Waals surface area contributed by atoms with Crippen molar-refractivity contribution in [3.8, 4) is 0 Å². The van der Waals surface area contributed by atoms with E-state index in [1.165, 1.54) is 3.57 Å². The molecule has 1 aromatic carbocycles. The fourth-order valence-corrected chi connectivity index (χ4v) is 2.73. The number of halogens is 1. The van der Waals surface area contributed by atoms with Gasteiger partial charge in [0.15, 0.2) is 0 Å². The van der Waals surface area contributed by atoms with Crippen LogP contribution in [-0.4, -0.2) is 28.2 Å². The SMILES string of the molecule is Ic1ccc2c(c1)nnn2CC1CCOCC1. The molecule has 3 rings (SSSR count). The molecule has 4 nitrogen and oxygen atoms in total. The highest BCUT2D eigenvalue weighted by molar-refractivity contribution is 14.1. The Morgan fingerprint density at radius 1 is 1.35 bits per heavy atom. The lowest BCUT2D eigenvalue weighted by molar-refractivity contribution is 0.0604. The highest BCUT2D eigenvalue weighted by Gasteiger charge is 2.16. The van der Waals surface area contributed by atoms with E-state index in [1.54, 1.807) is 0 Å². The molecule has 0 unspecified atom stereocenters. The largest absolute Gasteiger partial charge is 0.381 e. The molecule has 0 N–H and O–H groups in total. The Morgan fingerprint density at radius 2 is 2.18 bits per heavy atom. The average molecular weight is 343 g/mol. The normalized spacial score (nSPS) is 17.7. The first kappa shape index (κ1) is 11.4. The van der Waals surface area contributed by atoms with Gasteiger partial charge >= 0.3 is 0 Å². The Kier molecular flexibility index (Phi) is 3.28. The summed E-state index contributed by atoms with van der Waals surface area (Å²) in [6, 6.07) is 6.28. The molecule has 0 amide bonds. The fraction of sp³-hybridized carbons (Fsp3) is 0.500. The third-order valence-corrected chi connectivity index (χ3v) is 3.92. The summed E-state index contributed by atoms with van der Waals surface area (Å²) in [6.45, 7) is 2.73. The zero-order valence-corrected chi connectivity index (χ0v) is 11.6. The van der Waals surface area contributed by atoms with Crippen LogP contribution in [0.4, 0.5) is 0 Å². The first-order valence-corrected chi connectivity index (χ1v) is 6.97. The summed E-state index contributed by atoms with van der Waals surface area (Å²) in [5.41, 5.74) is 2.13. The predicted octanol–water partition coefficient (Wildman–Crippen LogP) is 2.46. The van der Waals surface area contributed by atoms with Gasteiger partial charge in [0.25, 0.3) is 0 Å². The van der Waals surface area contributed by atoms with Crippen LogP contribution in [0.2, 0.25) is 0 Å². The number of fused-ring (bicyclic) bond motifs is 1. The molecule has 1 fully saturated rings. The summed E-state index contributed by atoms with van der Waals surface area (Å²) in [5.74, 6) is 0.674. The molecule has 1 saturated heterocycles. The fourth-order valence-electron chi connectivity index (χ4n) is 2.25. The Labute approximate surface area is 113 Å². The predicted molar refractivity (Wildman–Crippen MR) is 73.8 cm³/mol. The van der Waals surface area contributed by atoms with Crippen molar-refractivity contribution < 1.29 is 4.74 Å². The second kappa shape index (κ2) is 4.89. The highest BCUT2D eigenvalue weighted by atomic mass is 127. The molecule has 2 heterocycles. The summed E-state index contributed by atoms with van der Waals surface area (Å²) < 4.78 is 8.61. The van der Waals surface area contributed by atoms with Crippen LogP contribution in [0.5, 0.6) is 0 Å². The first-order chi connectivity index (χ1) is 8.33. The van der Waals surface area contributed by atoms with E-state index in [2.05, 4.69) is 51.1 Å². The molecule has 0 atom stereocenters. The number of hydrogen-bond donors (Lipinski definition) is 0. The Morgan fingerprint density at radius 3 is 3.00 bits per heavy atom. The zero-order chi connectivity index (χ0) is 11.7. The topological polar surface area (TPSA) is 39.9 Å². The van der Waals surface area contributed by atoms with Crippen LogP contribution in [0.15, 0.2) is 18.2 Å². The van der Waals surface area contributed by atoms with Crippen molar-refractivity contribution in [2.24, 2.45) is 5.92 Å². The van der Waals surface area contributed by atoms with Gasteiger partial charge in [0, 0.05) is 23.3 Å². The summed E-state index contributed by atoms with van der Waals surface area (Å²) in [4.78, 5) is 0. The minimum atomic E-state index is 0.674. The van der Waals surface area contributed by atoms with Gasteiger partial charge in [0.2, 0.25) is 0 Å². The molecule has 0 aliphatic carbocycles. The summed E-state index contributed by atoms with van der Waals surface area (Å²) in [5, 5.41) is 8.47. The monoisotopic (exact) mass is 343 g/mol. The minimum absolute atomic E-state index is 0.674. The van der Waals surface area contributed by atoms with Gasteiger partial charge in [0.05, 0.1) is 5.52 Å². The lowest BCUT2D eigenvalue weighted by Gasteiger charge is -2.21. The highest BCUT2D eigenvalue weighted by Crippen LogP contribution is 2.20. The van der Waals surface area contributed by atoms with Crippen LogP contribution in [0, 0.1) is 9.49 Å². The van der Waals surface area contributed by atoms with E-state index in [0.29, 0.717) is 5.92 Å². The molecular formula is C12H14IN3O. The Bertz CT molecular complexity index is 519. The van der Waals surface area contributed by atoms with Crippen molar-refractivity contribution in [1.29, 1.82) is 0 Å². The van der Waals surface area contributed by atoms with Gasteiger partial charge in [-0.15, -0.1) is 5.10 Å². The maximum atomic E-state index is 5.38. The third kappa shape index (κ3) is 2.44. The van der Waals surface area contributed by atoms with E-state index in [-0.39, 0.29) is 0 Å². The zero-order valence-electron chi connectivity index (χ0n) is 9.47. The molecule has 0 radical (unpaired) electrons. The number of aromatic nitrogens is 3. The molecule has 90 valence electrons. The second-order valence-corrected chi connectivity index (χ2v) is 5.71. The summed E-state index contributed by atoms with van der Waals surface area (Å²) in [7, 11) is 0. The van der Waals surface area contributed by atoms with Crippen molar-refractivity contribution in [3.05, 3.63) is 21.8 Å². The Balaban J connectivity index is 1.84. The molecular weight excluding hydrogens is 329 g/mol. The van der Waals surface area contributed by atoms with Crippen LogP contribution in [0.25, 0.3) is 11.0 Å². The van der Waals surface area contributed by atoms with Crippen LogP contribution >= 0.6 is 22.6 Å². The van der Waals surface area contributed by atoms with E-state index in [9.17, 15) is 0 Å². The summed E-state index contributed by atoms with van der Waals surface area (Å²) >= 11 is 2.30. The maximum Gasteiger partial charge on any atom is 0.114 e. The van der Waals surface area contributed by atoms with Gasteiger partial charge in [-0.05, 0) is 59.5 Å². The van der Waals surface area contributed by atoms with E-state index in [4.69, 9.17) is 4.74 Å². The van der Waals surface area contributed by atoms with Crippen LogP contribution < -0.4 is 0 Å². The van der Waals surface area contributed by atoms with Crippen molar-refractivity contribution in [2.45, 2.75) is 19.4 Å². The number of benzene rings is 1. The molecule has 0 bridgehead atoms. The van der Waals surface area contributed by atoms with Crippen LogP contribution in [-0.2, 0) is 11.3 Å². The van der Waals surface area contributed by atoms with Gasteiger partial charge in [-0.3, -0.25) is 0 Å². The lowest BCUT2D eigenvalue weighted by Crippen LogP contribution is -2.20. The molecule has 2 aromatic rings. The number of rotatable bonds is 2. The third-order valence-electron chi connectivity index (χ3n) is 3.25. The first-order valence-electron chi connectivity index (χ1n) is 5.89. The van der Waals surface area contributed by atoms with Crippen molar-refractivity contribution in [1.82, 2.24) is 15.0 Å². The molecule has 1 aliphatic rings. The van der Waals surface area contributed by atoms with Crippen LogP contribution in [0.1, 0.15) is 12.8 Å². The molecule has 17 heavy (non-hydrogen) atoms. The molecule has 1 aromatic heterocycles. The smallest absolute Gasteiger partial charge is 0.114 e. The van der Waals surface area contributed by atoms with Crippen molar-refractivity contribution >= 4 is 33.6 Å². The number of ether oxygens (including phenoxy) is 1. The standard InChI is InChI=1S/C12H14IN3O/c13-10-1-2-12-11(7-10)14-15-16(12)8-9-3-5-17-6-4-9/h1-2,7,9H,3-6,8H2. The van der Waals surface area contributed by atoms with E-state index in [1.807, 2.05) is 4.68 Å². The lowest BCUT2D eigenvalue weighted by atomic mass is 10.0. The van der Waals surface area contributed by atoms with Gasteiger partial charge in [-0.25, -0.2) is 4.68 Å². The van der Waals surface area contributed by atoms with E-state index in [0.717, 1.165) is 43.6 Å². The van der Waals surface area contributed by atoms with Crippen molar-refractivity contribution in [3.63, 3.8) is 0 Å². The number of hydrogen-bond acceptors (Lipinski definition) is 3. The molecule has 0 spiro atoms. The van der Waals surface area contributed by atoms with Gasteiger partial charge in [-0.1, -0.05) is 5.21 Å². The average Bonchev–Trinajstić information content (AvgIpc) is 2.73. The number of nitrogens with zero attached hydrogens (tertiary/aromatic N) is 3. The van der Waals surface area contributed by atoms with Gasteiger partial charge < -0.3 is 4.74 Å². The molecule has 0 saturated carbocycles. The molecule has 1 aliphatic heterocycles. The van der Waals surface area contributed by atoms with E-state index < -0.39 is 0 Å².